The van der Waals surface area contributed by atoms with E-state index in [4.69, 9.17) is 15.2 Å². The van der Waals surface area contributed by atoms with Gasteiger partial charge in [0.25, 0.3) is 0 Å². The molecule has 0 saturated heterocycles. The molecule has 0 aliphatic carbocycles. The molecule has 1 atom stereocenters. The van der Waals surface area contributed by atoms with E-state index in [1.165, 1.54) is 0 Å². The molecule has 0 bridgehead atoms. The van der Waals surface area contributed by atoms with Crippen LogP contribution in [0.4, 0.5) is 0 Å². The molecule has 2 rings (SSSR count). The number of nitrogens with zero attached hydrogens (tertiary/aromatic N) is 2. The van der Waals surface area contributed by atoms with Crippen LogP contribution >= 0.6 is 0 Å². The highest BCUT2D eigenvalue weighted by Gasteiger charge is 2.15. The van der Waals surface area contributed by atoms with Crippen LogP contribution in [0.15, 0.2) is 24.5 Å². The zero-order chi connectivity index (χ0) is 14.7. The summed E-state index contributed by atoms with van der Waals surface area (Å²) in [6, 6.07) is 5.47. The van der Waals surface area contributed by atoms with Gasteiger partial charge >= 0.3 is 0 Å². The largest absolute Gasteiger partial charge is 0.497 e. The van der Waals surface area contributed by atoms with Gasteiger partial charge in [0.15, 0.2) is 0 Å². The highest BCUT2D eigenvalue weighted by atomic mass is 16.5. The Morgan fingerprint density at radius 2 is 2.00 bits per heavy atom. The number of methoxy groups -OCH3 is 2. The van der Waals surface area contributed by atoms with E-state index in [2.05, 4.69) is 9.55 Å². The van der Waals surface area contributed by atoms with Gasteiger partial charge in [0, 0.05) is 17.8 Å². The van der Waals surface area contributed by atoms with Crippen LogP contribution in [-0.2, 0) is 6.54 Å². The SMILES string of the molecule is COc1ccc(OC)c(C(N)Cn2cnc(C)c2C)c1. The molecule has 108 valence electrons. The summed E-state index contributed by atoms with van der Waals surface area (Å²) in [5, 5.41) is 0. The number of aromatic nitrogens is 2. The van der Waals surface area contributed by atoms with E-state index in [-0.39, 0.29) is 6.04 Å². The van der Waals surface area contributed by atoms with Crippen molar-refractivity contribution in [3.05, 3.63) is 41.5 Å². The molecule has 0 spiro atoms. The quantitative estimate of drug-likeness (QED) is 0.908. The van der Waals surface area contributed by atoms with Crippen LogP contribution in [-0.4, -0.2) is 23.8 Å². The van der Waals surface area contributed by atoms with Crippen molar-refractivity contribution in [2.75, 3.05) is 14.2 Å². The molecule has 0 radical (unpaired) electrons. The van der Waals surface area contributed by atoms with Crippen molar-refractivity contribution in [2.45, 2.75) is 26.4 Å². The van der Waals surface area contributed by atoms with Gasteiger partial charge in [0.1, 0.15) is 11.5 Å². The van der Waals surface area contributed by atoms with Crippen LogP contribution in [0.3, 0.4) is 0 Å². The second kappa shape index (κ2) is 5.96. The molecule has 0 saturated carbocycles. The Labute approximate surface area is 119 Å². The van der Waals surface area contributed by atoms with E-state index in [0.29, 0.717) is 6.54 Å². The molecular weight excluding hydrogens is 254 g/mol. The van der Waals surface area contributed by atoms with Gasteiger partial charge < -0.3 is 19.8 Å². The molecule has 1 aromatic heterocycles. The number of aryl methyl sites for hydroxylation is 1. The number of ether oxygens (including phenoxy) is 2. The van der Waals surface area contributed by atoms with E-state index >= 15 is 0 Å². The van der Waals surface area contributed by atoms with Crippen molar-refractivity contribution < 1.29 is 9.47 Å². The summed E-state index contributed by atoms with van der Waals surface area (Å²) in [6.07, 6.45) is 1.82. The first-order valence-electron chi connectivity index (χ1n) is 6.52. The summed E-state index contributed by atoms with van der Waals surface area (Å²) in [5.74, 6) is 1.54. The lowest BCUT2D eigenvalue weighted by atomic mass is 10.1. The van der Waals surface area contributed by atoms with Gasteiger partial charge in [0.05, 0.1) is 32.3 Å². The van der Waals surface area contributed by atoms with Crippen molar-refractivity contribution in [1.29, 1.82) is 0 Å². The minimum atomic E-state index is -0.188. The molecule has 2 aromatic rings. The monoisotopic (exact) mass is 275 g/mol. The average Bonchev–Trinajstić information content (AvgIpc) is 2.78. The summed E-state index contributed by atoms with van der Waals surface area (Å²) in [6.45, 7) is 4.68. The highest BCUT2D eigenvalue weighted by Crippen LogP contribution is 2.29. The third kappa shape index (κ3) is 2.77. The fraction of sp³-hybridized carbons (Fsp3) is 0.400. The molecular formula is C15H21N3O2. The summed E-state index contributed by atoms with van der Waals surface area (Å²) >= 11 is 0. The van der Waals surface area contributed by atoms with Gasteiger partial charge in [-0.05, 0) is 32.0 Å². The third-order valence-corrected chi connectivity index (χ3v) is 3.57. The maximum absolute atomic E-state index is 6.32. The van der Waals surface area contributed by atoms with Crippen molar-refractivity contribution in [1.82, 2.24) is 9.55 Å². The minimum absolute atomic E-state index is 0.188. The van der Waals surface area contributed by atoms with Crippen LogP contribution in [0.25, 0.3) is 0 Å². The summed E-state index contributed by atoms with van der Waals surface area (Å²) < 4.78 is 12.7. The molecule has 1 heterocycles. The minimum Gasteiger partial charge on any atom is -0.497 e. The van der Waals surface area contributed by atoms with Crippen molar-refractivity contribution in [2.24, 2.45) is 5.73 Å². The van der Waals surface area contributed by atoms with E-state index in [0.717, 1.165) is 28.5 Å². The summed E-state index contributed by atoms with van der Waals surface area (Å²) in [7, 11) is 3.28. The molecule has 0 fully saturated rings. The van der Waals surface area contributed by atoms with Gasteiger partial charge in [-0.15, -0.1) is 0 Å². The zero-order valence-electron chi connectivity index (χ0n) is 12.4. The first kappa shape index (κ1) is 14.4. The molecule has 5 heteroatoms. The maximum Gasteiger partial charge on any atom is 0.123 e. The fourth-order valence-corrected chi connectivity index (χ4v) is 2.17. The Morgan fingerprint density at radius 3 is 2.55 bits per heavy atom. The predicted molar refractivity (Wildman–Crippen MR) is 78.2 cm³/mol. The Bertz CT molecular complexity index is 593. The zero-order valence-corrected chi connectivity index (χ0v) is 12.4. The summed E-state index contributed by atoms with van der Waals surface area (Å²) in [4.78, 5) is 4.29. The Kier molecular flexibility index (Phi) is 4.29. The van der Waals surface area contributed by atoms with E-state index in [9.17, 15) is 0 Å². The van der Waals surface area contributed by atoms with E-state index in [1.54, 1.807) is 14.2 Å². The molecule has 1 aromatic carbocycles. The first-order chi connectivity index (χ1) is 9.56. The summed E-state index contributed by atoms with van der Waals surface area (Å²) in [5.41, 5.74) is 9.40. The molecule has 0 aliphatic heterocycles. The number of benzene rings is 1. The van der Waals surface area contributed by atoms with Crippen LogP contribution in [0.1, 0.15) is 23.0 Å². The lowest BCUT2D eigenvalue weighted by molar-refractivity contribution is 0.392. The van der Waals surface area contributed by atoms with Gasteiger partial charge in [-0.25, -0.2) is 4.98 Å². The second-order valence-corrected chi connectivity index (χ2v) is 4.78. The second-order valence-electron chi connectivity index (χ2n) is 4.78. The number of nitrogens with two attached hydrogens (primary N) is 1. The molecule has 20 heavy (non-hydrogen) atoms. The number of rotatable bonds is 5. The fourth-order valence-electron chi connectivity index (χ4n) is 2.17. The topological polar surface area (TPSA) is 62.3 Å². The molecule has 1 unspecified atom stereocenters. The standard InChI is InChI=1S/C15H21N3O2/c1-10-11(2)18(9-17-10)8-14(16)13-7-12(19-3)5-6-15(13)20-4/h5-7,9,14H,8,16H2,1-4H3. The number of imidazole rings is 1. The van der Waals surface area contributed by atoms with Crippen molar-refractivity contribution >= 4 is 0 Å². The van der Waals surface area contributed by atoms with E-state index < -0.39 is 0 Å². The lowest BCUT2D eigenvalue weighted by Crippen LogP contribution is -2.19. The Morgan fingerprint density at radius 1 is 1.25 bits per heavy atom. The molecule has 2 N–H and O–H groups in total. The van der Waals surface area contributed by atoms with Crippen LogP contribution in [0, 0.1) is 13.8 Å². The Balaban J connectivity index is 2.28. The van der Waals surface area contributed by atoms with Crippen molar-refractivity contribution in [3.8, 4) is 11.5 Å². The van der Waals surface area contributed by atoms with E-state index in [1.807, 2.05) is 38.4 Å². The van der Waals surface area contributed by atoms with Crippen LogP contribution in [0.2, 0.25) is 0 Å². The average molecular weight is 275 g/mol. The van der Waals surface area contributed by atoms with Crippen LogP contribution < -0.4 is 15.2 Å². The van der Waals surface area contributed by atoms with Gasteiger partial charge in [-0.3, -0.25) is 0 Å². The normalized spacial score (nSPS) is 12.2. The van der Waals surface area contributed by atoms with Gasteiger partial charge in [-0.1, -0.05) is 0 Å². The maximum atomic E-state index is 6.32. The molecule has 5 nitrogen and oxygen atoms in total. The molecule has 0 amide bonds. The predicted octanol–water partition coefficient (Wildman–Crippen LogP) is 2.22. The van der Waals surface area contributed by atoms with Gasteiger partial charge in [0.2, 0.25) is 0 Å². The van der Waals surface area contributed by atoms with Gasteiger partial charge in [-0.2, -0.15) is 0 Å². The number of hydrogen-bond acceptors (Lipinski definition) is 4. The van der Waals surface area contributed by atoms with Crippen LogP contribution in [0.5, 0.6) is 11.5 Å². The molecule has 0 aliphatic rings. The highest BCUT2D eigenvalue weighted by molar-refractivity contribution is 5.42. The first-order valence-corrected chi connectivity index (χ1v) is 6.52. The number of hydrogen-bond donors (Lipinski definition) is 1. The lowest BCUT2D eigenvalue weighted by Gasteiger charge is -2.18. The smallest absolute Gasteiger partial charge is 0.123 e. The van der Waals surface area contributed by atoms with Crippen molar-refractivity contribution in [3.63, 3.8) is 0 Å². The Hall–Kier alpha value is -2.01. The third-order valence-electron chi connectivity index (χ3n) is 3.57.